The van der Waals surface area contributed by atoms with Gasteiger partial charge in [0.15, 0.2) is 11.5 Å². The normalized spacial score (nSPS) is 10.8. The number of phenols is 1. The largest absolute Gasteiger partial charge is 0.504 e. The maximum atomic E-state index is 12.2. The second-order valence-electron chi connectivity index (χ2n) is 4.26. The van der Waals surface area contributed by atoms with Crippen LogP contribution in [-0.4, -0.2) is 18.0 Å². The second-order valence-corrected chi connectivity index (χ2v) is 4.26. The number of phenolic OH excluding ortho intramolecular Hbond substituents is 1. The number of para-hydroxylation sites is 1. The predicted molar refractivity (Wildman–Crippen MR) is 79.0 cm³/mol. The van der Waals surface area contributed by atoms with Crippen LogP contribution in [0.4, 0.5) is 0 Å². The van der Waals surface area contributed by atoms with Crippen LogP contribution in [0.25, 0.3) is 6.08 Å². The molecule has 0 saturated heterocycles. The van der Waals surface area contributed by atoms with Gasteiger partial charge >= 0.3 is 0 Å². The van der Waals surface area contributed by atoms with Gasteiger partial charge in [0, 0.05) is 11.1 Å². The van der Waals surface area contributed by atoms with Crippen molar-refractivity contribution in [2.24, 2.45) is 0 Å². The SMILES string of the molecule is COc1cccc(/C=C(\C#N)C(=O)c2ccccc2)c1O. The Morgan fingerprint density at radius 1 is 1.19 bits per heavy atom. The van der Waals surface area contributed by atoms with Crippen LogP contribution in [-0.2, 0) is 0 Å². The number of hydrogen-bond donors (Lipinski definition) is 1. The van der Waals surface area contributed by atoms with Crippen LogP contribution >= 0.6 is 0 Å². The molecule has 21 heavy (non-hydrogen) atoms. The first-order valence-corrected chi connectivity index (χ1v) is 6.25. The van der Waals surface area contributed by atoms with Gasteiger partial charge in [-0.05, 0) is 12.1 Å². The van der Waals surface area contributed by atoms with Crippen molar-refractivity contribution in [1.82, 2.24) is 0 Å². The standard InChI is InChI=1S/C17H13NO3/c1-21-15-9-5-8-13(17(15)20)10-14(11-18)16(19)12-6-3-2-4-7-12/h2-10,20H,1H3/b14-10+. The number of ether oxygens (including phenoxy) is 1. The summed E-state index contributed by atoms with van der Waals surface area (Å²) in [6.45, 7) is 0. The molecule has 0 atom stereocenters. The lowest BCUT2D eigenvalue weighted by Gasteiger charge is -2.06. The van der Waals surface area contributed by atoms with Crippen molar-refractivity contribution in [3.63, 3.8) is 0 Å². The van der Waals surface area contributed by atoms with Gasteiger partial charge in [0.05, 0.1) is 7.11 Å². The molecule has 0 heterocycles. The number of nitrogens with zero attached hydrogens (tertiary/aromatic N) is 1. The number of carbonyl (C=O) groups is 1. The molecular formula is C17H13NO3. The van der Waals surface area contributed by atoms with Gasteiger partial charge in [-0.3, -0.25) is 4.79 Å². The number of Topliss-reactive ketones (excluding diaryl/α,β-unsaturated/α-hetero) is 1. The van der Waals surface area contributed by atoms with Gasteiger partial charge in [0.1, 0.15) is 11.6 Å². The summed E-state index contributed by atoms with van der Waals surface area (Å²) in [5.41, 5.74) is 0.729. The minimum absolute atomic E-state index is 0.0512. The highest BCUT2D eigenvalue weighted by molar-refractivity contribution is 6.14. The van der Waals surface area contributed by atoms with E-state index in [4.69, 9.17) is 4.74 Å². The zero-order valence-electron chi connectivity index (χ0n) is 11.4. The Labute approximate surface area is 122 Å². The third-order valence-corrected chi connectivity index (χ3v) is 2.95. The fraction of sp³-hybridized carbons (Fsp3) is 0.0588. The molecule has 104 valence electrons. The number of carbonyl (C=O) groups excluding carboxylic acids is 1. The van der Waals surface area contributed by atoms with Crippen LogP contribution in [0.15, 0.2) is 54.1 Å². The molecule has 0 fully saturated rings. The van der Waals surface area contributed by atoms with E-state index in [1.807, 2.05) is 6.07 Å². The molecule has 0 amide bonds. The van der Waals surface area contributed by atoms with Gasteiger partial charge < -0.3 is 9.84 Å². The second kappa shape index (κ2) is 6.40. The summed E-state index contributed by atoms with van der Waals surface area (Å²) in [5, 5.41) is 19.2. The van der Waals surface area contributed by atoms with E-state index in [0.29, 0.717) is 11.1 Å². The van der Waals surface area contributed by atoms with Crippen molar-refractivity contribution >= 4 is 11.9 Å². The van der Waals surface area contributed by atoms with Crippen LogP contribution in [0.3, 0.4) is 0 Å². The van der Waals surface area contributed by atoms with Gasteiger partial charge in [0.2, 0.25) is 5.78 Å². The van der Waals surface area contributed by atoms with Crippen LogP contribution in [0.2, 0.25) is 0 Å². The number of benzene rings is 2. The van der Waals surface area contributed by atoms with Crippen molar-refractivity contribution in [2.45, 2.75) is 0 Å². The van der Waals surface area contributed by atoms with Crippen molar-refractivity contribution in [1.29, 1.82) is 5.26 Å². The van der Waals surface area contributed by atoms with E-state index in [2.05, 4.69) is 0 Å². The van der Waals surface area contributed by atoms with E-state index in [1.54, 1.807) is 48.5 Å². The summed E-state index contributed by atoms with van der Waals surface area (Å²) in [4.78, 5) is 12.2. The third-order valence-electron chi connectivity index (χ3n) is 2.95. The Kier molecular flexibility index (Phi) is 4.37. The number of ketones is 1. The maximum Gasteiger partial charge on any atom is 0.203 e. The minimum atomic E-state index is -0.389. The molecule has 2 rings (SSSR count). The van der Waals surface area contributed by atoms with Crippen LogP contribution in [0.5, 0.6) is 11.5 Å². The van der Waals surface area contributed by atoms with Crippen LogP contribution in [0.1, 0.15) is 15.9 Å². The van der Waals surface area contributed by atoms with E-state index < -0.39 is 0 Å². The quantitative estimate of drug-likeness (QED) is 0.530. The number of rotatable bonds is 4. The molecule has 0 unspecified atom stereocenters. The molecule has 0 aromatic heterocycles. The first kappa shape index (κ1) is 14.4. The summed E-state index contributed by atoms with van der Waals surface area (Å²) in [5.74, 6) is -0.206. The smallest absolute Gasteiger partial charge is 0.203 e. The summed E-state index contributed by atoms with van der Waals surface area (Å²) < 4.78 is 5.00. The molecule has 1 N–H and O–H groups in total. The van der Waals surface area contributed by atoms with Crippen molar-refractivity contribution in [2.75, 3.05) is 7.11 Å². The molecule has 0 radical (unpaired) electrons. The zero-order chi connectivity index (χ0) is 15.2. The van der Waals surface area contributed by atoms with E-state index in [1.165, 1.54) is 13.2 Å². The summed E-state index contributed by atoms with van der Waals surface area (Å²) >= 11 is 0. The molecule has 2 aromatic carbocycles. The molecule has 0 aliphatic carbocycles. The van der Waals surface area contributed by atoms with E-state index in [0.717, 1.165) is 0 Å². The Hall–Kier alpha value is -3.06. The van der Waals surface area contributed by atoms with E-state index in [9.17, 15) is 15.2 Å². The molecule has 0 spiro atoms. The minimum Gasteiger partial charge on any atom is -0.504 e. The van der Waals surface area contributed by atoms with E-state index in [-0.39, 0.29) is 22.9 Å². The first-order chi connectivity index (χ1) is 10.2. The predicted octanol–water partition coefficient (Wildman–Crippen LogP) is 3.19. The first-order valence-electron chi connectivity index (χ1n) is 6.25. The summed E-state index contributed by atoms with van der Waals surface area (Å²) in [7, 11) is 1.43. The van der Waals surface area contributed by atoms with Gasteiger partial charge in [-0.2, -0.15) is 5.26 Å². The lowest BCUT2D eigenvalue weighted by Crippen LogP contribution is -2.01. The maximum absolute atomic E-state index is 12.2. The Bertz CT molecular complexity index is 727. The topological polar surface area (TPSA) is 70.3 Å². The average molecular weight is 279 g/mol. The molecule has 4 heteroatoms. The van der Waals surface area contributed by atoms with Crippen LogP contribution in [0, 0.1) is 11.3 Å². The Morgan fingerprint density at radius 2 is 1.90 bits per heavy atom. The highest BCUT2D eigenvalue weighted by Crippen LogP contribution is 2.31. The van der Waals surface area contributed by atoms with Crippen molar-refractivity contribution < 1.29 is 14.6 Å². The van der Waals surface area contributed by atoms with Crippen LogP contribution < -0.4 is 4.74 Å². The van der Waals surface area contributed by atoms with Gasteiger partial charge in [-0.1, -0.05) is 42.5 Å². The third kappa shape index (κ3) is 3.10. The van der Waals surface area contributed by atoms with E-state index >= 15 is 0 Å². The summed E-state index contributed by atoms with van der Waals surface area (Å²) in [6, 6.07) is 15.3. The molecule has 2 aromatic rings. The number of hydrogen-bond acceptors (Lipinski definition) is 4. The zero-order valence-corrected chi connectivity index (χ0v) is 11.4. The molecule has 0 aliphatic heterocycles. The molecule has 0 saturated carbocycles. The fourth-order valence-corrected chi connectivity index (χ4v) is 1.87. The number of allylic oxidation sites excluding steroid dienone is 1. The molecular weight excluding hydrogens is 266 g/mol. The summed E-state index contributed by atoms with van der Waals surface area (Å²) in [6.07, 6.45) is 1.35. The number of nitriles is 1. The molecule has 4 nitrogen and oxygen atoms in total. The van der Waals surface area contributed by atoms with Gasteiger partial charge in [0.25, 0.3) is 0 Å². The lowest BCUT2D eigenvalue weighted by atomic mass is 10.0. The number of aromatic hydroxyl groups is 1. The monoisotopic (exact) mass is 279 g/mol. The lowest BCUT2D eigenvalue weighted by molar-refractivity contribution is 0.104. The van der Waals surface area contributed by atoms with Crippen molar-refractivity contribution in [3.05, 3.63) is 65.2 Å². The number of methoxy groups -OCH3 is 1. The van der Waals surface area contributed by atoms with Gasteiger partial charge in [-0.15, -0.1) is 0 Å². The highest BCUT2D eigenvalue weighted by atomic mass is 16.5. The fourth-order valence-electron chi connectivity index (χ4n) is 1.87. The average Bonchev–Trinajstić information content (AvgIpc) is 2.54. The molecule has 0 bridgehead atoms. The molecule has 0 aliphatic rings. The Morgan fingerprint density at radius 3 is 2.52 bits per heavy atom. The highest BCUT2D eigenvalue weighted by Gasteiger charge is 2.13. The van der Waals surface area contributed by atoms with Crippen molar-refractivity contribution in [3.8, 4) is 17.6 Å². The van der Waals surface area contributed by atoms with Gasteiger partial charge in [-0.25, -0.2) is 0 Å². The Balaban J connectivity index is 2.43.